The van der Waals surface area contributed by atoms with Crippen LogP contribution in [0.2, 0.25) is 0 Å². The molecule has 8 nitrogen and oxygen atoms in total. The second-order valence-corrected chi connectivity index (χ2v) is 7.05. The normalized spacial score (nSPS) is 12.7. The van der Waals surface area contributed by atoms with Crippen LogP contribution in [0.4, 0.5) is 0 Å². The Morgan fingerprint density at radius 2 is 1.96 bits per heavy atom. The maximum absolute atomic E-state index is 11.9. The van der Waals surface area contributed by atoms with Crippen LogP contribution in [-0.2, 0) is 9.53 Å². The average Bonchev–Trinajstić information content (AvgIpc) is 2.95. The molecule has 26 heavy (non-hydrogen) atoms. The van der Waals surface area contributed by atoms with E-state index in [4.69, 9.17) is 4.74 Å². The second kappa shape index (κ2) is 10.7. The summed E-state index contributed by atoms with van der Waals surface area (Å²) in [5.41, 5.74) is 0.658. The molecule has 0 aliphatic heterocycles. The monoisotopic (exact) mass is 383 g/mol. The van der Waals surface area contributed by atoms with Crippen LogP contribution in [0.3, 0.4) is 0 Å². The van der Waals surface area contributed by atoms with Crippen molar-refractivity contribution in [2.75, 3.05) is 20.2 Å². The number of carbonyl (C=O) groups is 2. The smallest absolute Gasteiger partial charge is 0.350 e. The first-order valence-electron chi connectivity index (χ1n) is 8.69. The van der Waals surface area contributed by atoms with Crippen LogP contribution in [0.25, 0.3) is 0 Å². The van der Waals surface area contributed by atoms with Gasteiger partial charge in [-0.15, -0.1) is 11.3 Å². The lowest BCUT2D eigenvalue weighted by molar-refractivity contribution is -0.121. The van der Waals surface area contributed by atoms with E-state index < -0.39 is 0 Å². The van der Waals surface area contributed by atoms with Crippen molar-refractivity contribution in [2.45, 2.75) is 53.1 Å². The van der Waals surface area contributed by atoms with E-state index in [1.807, 2.05) is 20.8 Å². The summed E-state index contributed by atoms with van der Waals surface area (Å²) in [6, 6.07) is -0.0146. The highest BCUT2D eigenvalue weighted by atomic mass is 32.1. The fourth-order valence-corrected chi connectivity index (χ4v) is 3.10. The number of hydrogen-bond acceptors (Lipinski definition) is 6. The van der Waals surface area contributed by atoms with E-state index in [1.165, 1.54) is 11.3 Å². The summed E-state index contributed by atoms with van der Waals surface area (Å²) >= 11 is 1.31. The molecule has 0 aromatic carbocycles. The minimum absolute atomic E-state index is 0.00868. The van der Waals surface area contributed by atoms with Crippen molar-refractivity contribution in [3.63, 3.8) is 0 Å². The Labute approximate surface area is 158 Å². The lowest BCUT2D eigenvalue weighted by atomic mass is 10.3. The van der Waals surface area contributed by atoms with Gasteiger partial charge in [0.05, 0.1) is 18.3 Å². The molecule has 1 amide bonds. The third-order valence-electron chi connectivity index (χ3n) is 3.32. The number of thiazole rings is 1. The fourth-order valence-electron chi connectivity index (χ4n) is 2.14. The summed E-state index contributed by atoms with van der Waals surface area (Å²) in [6.07, 6.45) is 0.358. The summed E-state index contributed by atoms with van der Waals surface area (Å²) in [5, 5.41) is 9.92. The summed E-state index contributed by atoms with van der Waals surface area (Å²) in [4.78, 5) is 32.7. The van der Waals surface area contributed by atoms with Crippen LogP contribution < -0.4 is 16.0 Å². The molecule has 0 aliphatic rings. The highest BCUT2D eigenvalue weighted by Gasteiger charge is 2.20. The van der Waals surface area contributed by atoms with Gasteiger partial charge in [-0.05, 0) is 34.6 Å². The Bertz CT molecular complexity index is 642. The van der Waals surface area contributed by atoms with Crippen molar-refractivity contribution in [2.24, 2.45) is 4.99 Å². The molecule has 1 aromatic rings. The summed E-state index contributed by atoms with van der Waals surface area (Å²) in [6.45, 7) is 10.2. The van der Waals surface area contributed by atoms with Crippen LogP contribution in [0.15, 0.2) is 4.99 Å². The standard InChI is InChI=1S/C17H29N5O3S/c1-7-25-16(24)14-11(4)21-15(26-14)12(5)22-17(18-6)19-9-8-13(23)20-10(2)3/h10,12H,7-9H2,1-6H3,(H,20,23)(H2,18,19,22). The maximum Gasteiger partial charge on any atom is 0.350 e. The number of rotatable bonds is 8. The van der Waals surface area contributed by atoms with Crippen molar-refractivity contribution in [3.05, 3.63) is 15.6 Å². The quantitative estimate of drug-likeness (QED) is 0.359. The van der Waals surface area contributed by atoms with Crippen molar-refractivity contribution in [1.29, 1.82) is 0 Å². The maximum atomic E-state index is 11.9. The molecular weight excluding hydrogens is 354 g/mol. The van der Waals surface area contributed by atoms with Gasteiger partial charge in [0, 0.05) is 26.1 Å². The number of aromatic nitrogens is 1. The van der Waals surface area contributed by atoms with Crippen LogP contribution in [-0.4, -0.2) is 49.1 Å². The molecule has 0 saturated heterocycles. The van der Waals surface area contributed by atoms with Crippen LogP contribution in [0, 0.1) is 6.92 Å². The number of esters is 1. The zero-order chi connectivity index (χ0) is 19.7. The topological polar surface area (TPSA) is 105 Å². The van der Waals surface area contributed by atoms with E-state index in [0.717, 1.165) is 5.01 Å². The fraction of sp³-hybridized carbons (Fsp3) is 0.647. The highest BCUT2D eigenvalue weighted by Crippen LogP contribution is 2.24. The number of nitrogens with zero attached hydrogens (tertiary/aromatic N) is 2. The molecule has 1 atom stereocenters. The van der Waals surface area contributed by atoms with E-state index >= 15 is 0 Å². The number of amides is 1. The summed E-state index contributed by atoms with van der Waals surface area (Å²) in [5.74, 6) is 0.214. The van der Waals surface area contributed by atoms with E-state index in [-0.39, 0.29) is 24.0 Å². The minimum atomic E-state index is -0.348. The molecule has 0 spiro atoms. The largest absolute Gasteiger partial charge is 0.462 e. The Morgan fingerprint density at radius 1 is 1.27 bits per heavy atom. The summed E-state index contributed by atoms with van der Waals surface area (Å²) in [7, 11) is 1.66. The van der Waals surface area contributed by atoms with Crippen molar-refractivity contribution in [3.8, 4) is 0 Å². The van der Waals surface area contributed by atoms with Gasteiger partial charge in [-0.25, -0.2) is 9.78 Å². The number of hydrogen-bond donors (Lipinski definition) is 3. The SMILES string of the molecule is CCOC(=O)c1sc(C(C)NC(=NC)NCCC(=O)NC(C)C)nc1C. The predicted molar refractivity (Wildman–Crippen MR) is 104 cm³/mol. The summed E-state index contributed by atoms with van der Waals surface area (Å²) < 4.78 is 5.04. The lowest BCUT2D eigenvalue weighted by Crippen LogP contribution is -2.41. The first-order chi connectivity index (χ1) is 12.3. The number of aliphatic imine (C=N–C) groups is 1. The second-order valence-electron chi connectivity index (χ2n) is 6.02. The van der Waals surface area contributed by atoms with Gasteiger partial charge in [0.15, 0.2) is 5.96 Å². The molecule has 1 heterocycles. The molecule has 0 fully saturated rings. The Hall–Kier alpha value is -2.16. The van der Waals surface area contributed by atoms with Crippen LogP contribution in [0.5, 0.6) is 0 Å². The number of ether oxygens (including phenoxy) is 1. The number of guanidine groups is 1. The van der Waals surface area contributed by atoms with Gasteiger partial charge in [-0.1, -0.05) is 0 Å². The third kappa shape index (κ3) is 6.99. The van der Waals surface area contributed by atoms with E-state index in [2.05, 4.69) is 25.9 Å². The molecular formula is C17H29N5O3S. The van der Waals surface area contributed by atoms with Gasteiger partial charge in [0.2, 0.25) is 5.91 Å². The Morgan fingerprint density at radius 3 is 2.54 bits per heavy atom. The minimum Gasteiger partial charge on any atom is -0.462 e. The van der Waals surface area contributed by atoms with Gasteiger partial charge >= 0.3 is 5.97 Å². The van der Waals surface area contributed by atoms with Crippen LogP contribution >= 0.6 is 11.3 Å². The molecule has 146 valence electrons. The average molecular weight is 384 g/mol. The highest BCUT2D eigenvalue weighted by molar-refractivity contribution is 7.13. The van der Waals surface area contributed by atoms with Gasteiger partial charge in [-0.2, -0.15) is 0 Å². The molecule has 0 bridgehead atoms. The molecule has 9 heteroatoms. The van der Waals surface area contributed by atoms with Crippen molar-refractivity contribution >= 4 is 29.2 Å². The molecule has 1 rings (SSSR count). The zero-order valence-corrected chi connectivity index (χ0v) is 17.1. The third-order valence-corrected chi connectivity index (χ3v) is 4.64. The van der Waals surface area contributed by atoms with Crippen LogP contribution in [0.1, 0.15) is 60.5 Å². The first kappa shape index (κ1) is 21.9. The number of aryl methyl sites for hydroxylation is 1. The Kier molecular flexibility index (Phi) is 9.04. The molecule has 1 aromatic heterocycles. The van der Waals surface area contributed by atoms with Gasteiger partial charge in [0.25, 0.3) is 0 Å². The molecule has 3 N–H and O–H groups in total. The predicted octanol–water partition coefficient (Wildman–Crippen LogP) is 1.77. The van der Waals surface area contributed by atoms with Crippen molar-refractivity contribution in [1.82, 2.24) is 20.9 Å². The van der Waals surface area contributed by atoms with E-state index in [1.54, 1.807) is 20.9 Å². The molecule has 0 saturated carbocycles. The van der Waals surface area contributed by atoms with Gasteiger partial charge in [-0.3, -0.25) is 9.79 Å². The van der Waals surface area contributed by atoms with E-state index in [0.29, 0.717) is 36.1 Å². The van der Waals surface area contributed by atoms with Crippen molar-refractivity contribution < 1.29 is 14.3 Å². The molecule has 0 radical (unpaired) electrons. The molecule has 0 aliphatic carbocycles. The van der Waals surface area contributed by atoms with Gasteiger partial charge in [0.1, 0.15) is 9.88 Å². The van der Waals surface area contributed by atoms with E-state index in [9.17, 15) is 9.59 Å². The zero-order valence-electron chi connectivity index (χ0n) is 16.3. The number of nitrogens with one attached hydrogen (secondary N) is 3. The first-order valence-corrected chi connectivity index (χ1v) is 9.51. The van der Waals surface area contributed by atoms with Gasteiger partial charge < -0.3 is 20.7 Å². The molecule has 1 unspecified atom stereocenters. The lowest BCUT2D eigenvalue weighted by Gasteiger charge is -2.16. The Balaban J connectivity index is 2.59. The number of carbonyl (C=O) groups excluding carboxylic acids is 2.